The molecule has 0 fully saturated rings. The van der Waals surface area contributed by atoms with E-state index in [1.807, 2.05) is 0 Å². The molecule has 0 saturated heterocycles. The highest BCUT2D eigenvalue weighted by molar-refractivity contribution is 6.23. The van der Waals surface area contributed by atoms with Crippen LogP contribution in [-0.4, -0.2) is 0 Å². The van der Waals surface area contributed by atoms with Gasteiger partial charge in [-0.15, -0.1) is 0 Å². The van der Waals surface area contributed by atoms with Crippen LogP contribution in [0.2, 0.25) is 0 Å². The van der Waals surface area contributed by atoms with Crippen molar-refractivity contribution >= 4 is 60.5 Å². The normalized spacial score (nSPS) is 14.8. The van der Waals surface area contributed by atoms with Gasteiger partial charge in [0.1, 0.15) is 11.2 Å². The Kier molecular flexibility index (Phi) is 5.83. The minimum atomic E-state index is -0.336. The summed E-state index contributed by atoms with van der Waals surface area (Å²) in [6.07, 6.45) is 0. The van der Waals surface area contributed by atoms with Crippen LogP contribution in [0.3, 0.4) is 0 Å². The lowest BCUT2D eigenvalue weighted by molar-refractivity contribution is 0.658. The van der Waals surface area contributed by atoms with E-state index in [1.54, 1.807) is 0 Å². The molecule has 2 aliphatic carbocycles. The molecule has 52 heavy (non-hydrogen) atoms. The Labute approximate surface area is 303 Å². The third-order valence-corrected chi connectivity index (χ3v) is 12.2. The summed E-state index contributed by atoms with van der Waals surface area (Å²) in [6, 6.07) is 55.9. The maximum absolute atomic E-state index is 6.72. The summed E-state index contributed by atoms with van der Waals surface area (Å²) < 4.78 is 6.72. The van der Waals surface area contributed by atoms with E-state index in [1.165, 1.54) is 82.8 Å². The van der Waals surface area contributed by atoms with Crippen molar-refractivity contribution in [1.82, 2.24) is 0 Å². The second kappa shape index (κ2) is 10.2. The molecular formula is C50H37NO. The molecule has 1 aromatic heterocycles. The van der Waals surface area contributed by atoms with Gasteiger partial charge in [-0.3, -0.25) is 0 Å². The highest BCUT2D eigenvalue weighted by Crippen LogP contribution is 2.60. The summed E-state index contributed by atoms with van der Waals surface area (Å²) in [5.74, 6) is 0. The van der Waals surface area contributed by atoms with Crippen LogP contribution in [0.25, 0.3) is 65.7 Å². The molecule has 0 N–H and O–H groups in total. The Morgan fingerprint density at radius 2 is 1.12 bits per heavy atom. The van der Waals surface area contributed by atoms with Gasteiger partial charge >= 0.3 is 0 Å². The Hall–Kier alpha value is -6.12. The van der Waals surface area contributed by atoms with Gasteiger partial charge in [-0.25, -0.2) is 0 Å². The molecule has 2 heteroatoms. The van der Waals surface area contributed by atoms with Gasteiger partial charge in [-0.05, 0) is 97.1 Å². The Morgan fingerprint density at radius 3 is 1.98 bits per heavy atom. The summed E-state index contributed by atoms with van der Waals surface area (Å²) >= 11 is 0. The van der Waals surface area contributed by atoms with E-state index in [4.69, 9.17) is 4.42 Å². The third-order valence-electron chi connectivity index (χ3n) is 12.2. The van der Waals surface area contributed by atoms with Gasteiger partial charge in [0.05, 0.1) is 5.69 Å². The average Bonchev–Trinajstić information content (AvgIpc) is 3.75. The fraction of sp³-hybridized carbons (Fsp3) is 0.120. The number of hydrogen-bond donors (Lipinski definition) is 0. The lowest BCUT2D eigenvalue weighted by Crippen LogP contribution is -2.21. The molecule has 0 saturated carbocycles. The maximum Gasteiger partial charge on any atom is 0.143 e. The van der Waals surface area contributed by atoms with E-state index in [2.05, 4.69) is 184 Å². The summed E-state index contributed by atoms with van der Waals surface area (Å²) in [4.78, 5) is 2.52. The number of anilines is 3. The van der Waals surface area contributed by atoms with Crippen LogP contribution >= 0.6 is 0 Å². The molecule has 11 rings (SSSR count). The molecule has 9 aromatic rings. The quantitative estimate of drug-likeness (QED) is 0.186. The van der Waals surface area contributed by atoms with Crippen molar-refractivity contribution in [2.75, 3.05) is 4.90 Å². The van der Waals surface area contributed by atoms with E-state index in [0.29, 0.717) is 0 Å². The van der Waals surface area contributed by atoms with Crippen LogP contribution in [0.4, 0.5) is 17.1 Å². The van der Waals surface area contributed by atoms with Crippen LogP contribution in [0.15, 0.2) is 156 Å². The van der Waals surface area contributed by atoms with Crippen LogP contribution in [-0.2, 0) is 10.8 Å². The Balaban J connectivity index is 1.22. The first-order valence-electron chi connectivity index (χ1n) is 18.4. The van der Waals surface area contributed by atoms with Crippen LogP contribution in [0, 0.1) is 0 Å². The molecular weight excluding hydrogens is 631 g/mol. The molecule has 0 spiro atoms. The van der Waals surface area contributed by atoms with E-state index >= 15 is 0 Å². The highest BCUT2D eigenvalue weighted by atomic mass is 16.3. The van der Waals surface area contributed by atoms with Crippen molar-refractivity contribution in [3.63, 3.8) is 0 Å². The molecule has 248 valence electrons. The number of benzene rings is 8. The topological polar surface area (TPSA) is 16.4 Å². The monoisotopic (exact) mass is 667 g/mol. The van der Waals surface area contributed by atoms with Crippen LogP contribution in [0.1, 0.15) is 49.9 Å². The first kappa shape index (κ1) is 29.6. The van der Waals surface area contributed by atoms with Gasteiger partial charge in [0.2, 0.25) is 0 Å². The Morgan fingerprint density at radius 1 is 0.462 bits per heavy atom. The number of furan rings is 1. The fourth-order valence-corrected chi connectivity index (χ4v) is 9.84. The standard InChI is InChI=1S/C50H37NO/c1-49(2)40-21-11-9-16-34(40)35-27-26-33(29-41(35)49)51(32-25-24-30-14-5-6-15-31(30)28-32)42-22-13-20-39-44-36-17-7-8-18-37(36)48-45(47(44)50(3,4)46(39)42)38-19-10-12-23-43(38)52-48/h5-29H,1-4H3. The van der Waals surface area contributed by atoms with Crippen molar-refractivity contribution in [2.45, 2.75) is 38.5 Å². The second-order valence-corrected chi connectivity index (χ2v) is 15.7. The van der Waals surface area contributed by atoms with E-state index in [-0.39, 0.29) is 10.8 Å². The highest BCUT2D eigenvalue weighted by Gasteiger charge is 2.43. The smallest absolute Gasteiger partial charge is 0.143 e. The summed E-state index contributed by atoms with van der Waals surface area (Å²) in [7, 11) is 0. The van der Waals surface area contributed by atoms with Crippen molar-refractivity contribution in [1.29, 1.82) is 0 Å². The third kappa shape index (κ3) is 3.79. The zero-order valence-corrected chi connectivity index (χ0v) is 29.8. The maximum atomic E-state index is 6.72. The van der Waals surface area contributed by atoms with Gasteiger partial charge in [0.25, 0.3) is 0 Å². The number of nitrogens with zero attached hydrogens (tertiary/aromatic N) is 1. The number of fused-ring (bicyclic) bond motifs is 14. The fourth-order valence-electron chi connectivity index (χ4n) is 9.84. The minimum Gasteiger partial charge on any atom is -0.455 e. The molecule has 0 unspecified atom stereocenters. The van der Waals surface area contributed by atoms with Gasteiger partial charge in [0, 0.05) is 38.4 Å². The van der Waals surface area contributed by atoms with E-state index < -0.39 is 0 Å². The van der Waals surface area contributed by atoms with Gasteiger partial charge in [-0.1, -0.05) is 143 Å². The van der Waals surface area contributed by atoms with Crippen LogP contribution in [0.5, 0.6) is 0 Å². The number of para-hydroxylation sites is 1. The molecule has 0 radical (unpaired) electrons. The van der Waals surface area contributed by atoms with Crippen LogP contribution < -0.4 is 4.90 Å². The first-order valence-corrected chi connectivity index (χ1v) is 18.4. The molecule has 0 bridgehead atoms. The number of rotatable bonds is 3. The molecule has 1 heterocycles. The summed E-state index contributed by atoms with van der Waals surface area (Å²) in [5.41, 5.74) is 15.7. The van der Waals surface area contributed by atoms with Gasteiger partial charge in [0.15, 0.2) is 0 Å². The largest absolute Gasteiger partial charge is 0.455 e. The Bertz CT molecular complexity index is 2980. The zero-order valence-electron chi connectivity index (χ0n) is 29.8. The predicted molar refractivity (Wildman–Crippen MR) is 219 cm³/mol. The minimum absolute atomic E-state index is 0.113. The van der Waals surface area contributed by atoms with Crippen molar-refractivity contribution in [2.24, 2.45) is 0 Å². The molecule has 0 amide bonds. The lowest BCUT2D eigenvalue weighted by Gasteiger charge is -2.33. The summed E-state index contributed by atoms with van der Waals surface area (Å²) in [5, 5.41) is 7.27. The lowest BCUT2D eigenvalue weighted by atomic mass is 9.78. The van der Waals surface area contributed by atoms with E-state index in [9.17, 15) is 0 Å². The molecule has 2 nitrogen and oxygen atoms in total. The van der Waals surface area contributed by atoms with Crippen molar-refractivity contribution in [3.05, 3.63) is 174 Å². The average molecular weight is 668 g/mol. The van der Waals surface area contributed by atoms with Crippen molar-refractivity contribution in [3.8, 4) is 22.3 Å². The molecule has 0 atom stereocenters. The van der Waals surface area contributed by atoms with Crippen molar-refractivity contribution < 1.29 is 4.42 Å². The summed E-state index contributed by atoms with van der Waals surface area (Å²) in [6.45, 7) is 9.57. The number of hydrogen-bond acceptors (Lipinski definition) is 2. The predicted octanol–water partition coefficient (Wildman–Crippen LogP) is 14.0. The second-order valence-electron chi connectivity index (χ2n) is 15.7. The molecule has 8 aromatic carbocycles. The van der Waals surface area contributed by atoms with Gasteiger partial charge in [-0.2, -0.15) is 0 Å². The van der Waals surface area contributed by atoms with E-state index in [0.717, 1.165) is 22.2 Å². The van der Waals surface area contributed by atoms with Gasteiger partial charge < -0.3 is 9.32 Å². The zero-order chi connectivity index (χ0) is 34.9. The molecule has 2 aliphatic rings. The first-order chi connectivity index (χ1) is 25.3. The SMILES string of the molecule is CC1(C)c2ccccc2-c2ccc(N(c3ccc4ccccc4c3)c3cccc4c3C(C)(C)c3c-4c4ccccc4c4oc5ccccc5c34)cc21. The molecule has 0 aliphatic heterocycles.